The molecule has 22 nitrogen and oxygen atoms in total. The maximum Gasteiger partial charge on any atom is 0.399 e. The minimum Gasteiger partial charge on any atom is -0.383 e. The van der Waals surface area contributed by atoms with E-state index in [0.717, 1.165) is 45.8 Å². The topological polar surface area (TPSA) is 310 Å². The van der Waals surface area contributed by atoms with Crippen LogP contribution < -0.4 is 32.3 Å². The van der Waals surface area contributed by atoms with Crippen molar-refractivity contribution in [3.05, 3.63) is 99.4 Å². The Labute approximate surface area is 489 Å². The van der Waals surface area contributed by atoms with Crippen LogP contribution in [0, 0.1) is 5.41 Å². The Morgan fingerprint density at radius 2 is 1.52 bits per heavy atom. The molecule has 4 aliphatic rings. The van der Waals surface area contributed by atoms with Crippen molar-refractivity contribution in [1.82, 2.24) is 40.9 Å². The monoisotopic (exact) mass is 1200 g/mol. The number of piperazine rings is 1. The van der Waals surface area contributed by atoms with Crippen LogP contribution in [0.3, 0.4) is 0 Å². The molecule has 0 radical (unpaired) electrons. The lowest BCUT2D eigenvalue weighted by Gasteiger charge is -2.37. The zero-order valence-corrected chi connectivity index (χ0v) is 49.5. The Hall–Kier alpha value is -7.18. The number of rotatable bonds is 20. The third kappa shape index (κ3) is 14.3. The molecule has 26 heteroatoms. The van der Waals surface area contributed by atoms with Gasteiger partial charge < -0.3 is 51.5 Å². The van der Waals surface area contributed by atoms with Gasteiger partial charge in [0.2, 0.25) is 41.4 Å². The fraction of sp³-hybridized carbons (Fsp3) is 0.500. The van der Waals surface area contributed by atoms with E-state index < -0.39 is 89.9 Å². The standard InChI is InChI=1S/C58H73F2N10O12PS/c1-56(2,3)35-14-12-33(13-15-35)29-41(54(78)68-27-25-67(26-28-68)24-22-62-39-10-7-9-37-38(39)32-70(53(37)77)43-18-21-47(72)65-51(43)75)64-49(73)40(17-20-46(61)71)63-50(74)42-11-8-23-69(42)55(79)48(57(4,5)6)66-52(76)45-31-34-30-36(16-19-44(34)84-45)58(59,60)83(80,81)82/h7,9-10,12-16,19,30-31,40-43,48,62H,8,11,17-18,20-29,32H2,1-6H3,(H2,61,71)(H,63,74)(H,64,73)(H,66,76)(H,65,72,75)(H2,80,81,82)/t40?,41?,42-,43?,48?/m0/s1. The van der Waals surface area contributed by atoms with Crippen LogP contribution in [0.2, 0.25) is 0 Å². The van der Waals surface area contributed by atoms with E-state index in [-0.39, 0.29) is 85.0 Å². The first-order valence-corrected chi connectivity index (χ1v) is 30.4. The van der Waals surface area contributed by atoms with Crippen LogP contribution in [0.5, 0.6) is 0 Å². The first kappa shape index (κ1) is 62.9. The molecular formula is C58H73F2N10O12PS. The second kappa shape index (κ2) is 25.2. The molecule has 1 aromatic heterocycles. The van der Waals surface area contributed by atoms with E-state index in [0.29, 0.717) is 56.0 Å². The number of carbonyl (C=O) groups is 9. The van der Waals surface area contributed by atoms with Crippen LogP contribution in [-0.4, -0.2) is 159 Å². The van der Waals surface area contributed by atoms with E-state index in [9.17, 15) is 66.3 Å². The van der Waals surface area contributed by atoms with Gasteiger partial charge in [-0.1, -0.05) is 77.9 Å². The van der Waals surface area contributed by atoms with Crippen molar-refractivity contribution >= 4 is 87.9 Å². The average Bonchev–Trinajstić information content (AvgIpc) is 2.23. The molecule has 0 aliphatic carbocycles. The molecule has 3 aromatic carbocycles. The fourth-order valence-corrected chi connectivity index (χ4v) is 12.4. The minimum absolute atomic E-state index is 0.0180. The van der Waals surface area contributed by atoms with Gasteiger partial charge in [0.25, 0.3) is 11.8 Å². The summed E-state index contributed by atoms with van der Waals surface area (Å²) in [5, 5.41) is 14.3. The summed E-state index contributed by atoms with van der Waals surface area (Å²) in [6.07, 6.45) is 0.487. The lowest BCUT2D eigenvalue weighted by Crippen LogP contribution is -2.60. The first-order chi connectivity index (χ1) is 39.4. The average molecular weight is 1200 g/mol. The van der Waals surface area contributed by atoms with Crippen LogP contribution in [0.15, 0.2) is 66.7 Å². The summed E-state index contributed by atoms with van der Waals surface area (Å²) in [5.74, 6) is -5.07. The molecule has 452 valence electrons. The molecule has 4 unspecified atom stereocenters. The zero-order valence-electron chi connectivity index (χ0n) is 47.8. The van der Waals surface area contributed by atoms with E-state index in [1.165, 1.54) is 21.9 Å². The molecule has 5 heterocycles. The number of imide groups is 1. The highest BCUT2D eigenvalue weighted by Crippen LogP contribution is 2.59. The number of anilines is 1. The van der Waals surface area contributed by atoms with Gasteiger partial charge in [-0.15, -0.1) is 11.3 Å². The Kier molecular flexibility index (Phi) is 18.8. The van der Waals surface area contributed by atoms with Crippen molar-refractivity contribution in [2.24, 2.45) is 11.1 Å². The maximum absolute atomic E-state index is 14.7. The molecule has 9 amide bonds. The van der Waals surface area contributed by atoms with E-state index in [1.54, 1.807) is 37.8 Å². The van der Waals surface area contributed by atoms with Crippen molar-refractivity contribution in [2.45, 2.75) is 134 Å². The van der Waals surface area contributed by atoms with E-state index in [4.69, 9.17) is 5.73 Å². The molecular weight excluding hydrogens is 1130 g/mol. The van der Waals surface area contributed by atoms with Gasteiger partial charge in [-0.05, 0) is 83.4 Å². The van der Waals surface area contributed by atoms with Crippen LogP contribution in [0.4, 0.5) is 14.5 Å². The van der Waals surface area contributed by atoms with Gasteiger partial charge in [0, 0.05) is 98.7 Å². The molecule has 84 heavy (non-hydrogen) atoms. The molecule has 9 N–H and O–H groups in total. The molecule has 0 spiro atoms. The van der Waals surface area contributed by atoms with Gasteiger partial charge in [0.1, 0.15) is 30.2 Å². The number of benzene rings is 3. The quantitative estimate of drug-likeness (QED) is 0.0458. The number of alkyl halides is 2. The van der Waals surface area contributed by atoms with Crippen molar-refractivity contribution < 1.29 is 66.3 Å². The van der Waals surface area contributed by atoms with E-state index in [2.05, 4.69) is 52.3 Å². The van der Waals surface area contributed by atoms with Gasteiger partial charge in [0.15, 0.2) is 0 Å². The van der Waals surface area contributed by atoms with Crippen LogP contribution in [-0.2, 0) is 62.2 Å². The number of hydrogen-bond acceptors (Lipinski definition) is 13. The number of halogens is 2. The number of hydrogen-bond donors (Lipinski definition) is 8. The van der Waals surface area contributed by atoms with Crippen LogP contribution >= 0.6 is 18.9 Å². The molecule has 3 fully saturated rings. The van der Waals surface area contributed by atoms with Crippen molar-refractivity contribution in [2.75, 3.05) is 51.1 Å². The Morgan fingerprint density at radius 3 is 2.17 bits per heavy atom. The van der Waals surface area contributed by atoms with Gasteiger partial charge in [-0.2, -0.15) is 8.78 Å². The second-order valence-corrected chi connectivity index (χ2v) is 26.7. The van der Waals surface area contributed by atoms with Gasteiger partial charge in [-0.25, -0.2) is 0 Å². The summed E-state index contributed by atoms with van der Waals surface area (Å²) in [4.78, 5) is 147. The molecule has 8 rings (SSSR count). The van der Waals surface area contributed by atoms with Gasteiger partial charge in [-0.3, -0.25) is 57.9 Å². The lowest BCUT2D eigenvalue weighted by atomic mass is 9.85. The van der Waals surface area contributed by atoms with Crippen molar-refractivity contribution in [3.63, 3.8) is 0 Å². The molecule has 5 atom stereocenters. The molecule has 4 aromatic rings. The number of likely N-dealkylation sites (tertiary alicyclic amines) is 1. The largest absolute Gasteiger partial charge is 0.399 e. The summed E-state index contributed by atoms with van der Waals surface area (Å²) in [5.41, 5.74) is 2.85. The predicted molar refractivity (Wildman–Crippen MR) is 308 cm³/mol. The predicted octanol–water partition coefficient (Wildman–Crippen LogP) is 4.06. The smallest absolute Gasteiger partial charge is 0.383 e. The van der Waals surface area contributed by atoms with E-state index in [1.807, 2.05) is 30.3 Å². The number of thiophene rings is 1. The SMILES string of the molecule is CC(C)(C)c1ccc(CC(NC(=O)C(CCC(N)=O)NC(=O)[C@@H]2CCCN2C(=O)C(NC(=O)c2cc3cc(C(F)(F)P(=O)(O)O)ccc3s2)C(C)(C)C)C(=O)N2CCN(CCNc3cccc4c3CN(C3CCC(=O)NC3=O)C4=O)CC2)cc1. The highest BCUT2D eigenvalue weighted by atomic mass is 32.1. The van der Waals surface area contributed by atoms with Crippen molar-refractivity contribution in [3.8, 4) is 0 Å². The second-order valence-electron chi connectivity index (χ2n) is 24.0. The number of nitrogens with two attached hydrogens (primary N) is 1. The van der Waals surface area contributed by atoms with Crippen LogP contribution in [0.1, 0.15) is 122 Å². The minimum atomic E-state index is -5.87. The number of nitrogens with zero attached hydrogens (tertiary/aromatic N) is 4. The molecule has 0 saturated carbocycles. The summed E-state index contributed by atoms with van der Waals surface area (Å²) in [7, 11) is -5.87. The molecule has 4 aliphatic heterocycles. The Bertz CT molecular complexity index is 3280. The van der Waals surface area contributed by atoms with Crippen LogP contribution in [0.25, 0.3) is 10.1 Å². The number of carbonyl (C=O) groups excluding carboxylic acids is 9. The Morgan fingerprint density at radius 1 is 0.833 bits per heavy atom. The third-order valence-corrected chi connectivity index (χ3v) is 18.0. The number of amides is 9. The molecule has 3 saturated heterocycles. The number of piperidine rings is 1. The third-order valence-electron chi connectivity index (χ3n) is 15.9. The molecule has 0 bridgehead atoms. The van der Waals surface area contributed by atoms with Crippen molar-refractivity contribution in [1.29, 1.82) is 0 Å². The lowest BCUT2D eigenvalue weighted by molar-refractivity contribution is -0.143. The highest BCUT2D eigenvalue weighted by molar-refractivity contribution is 7.52. The highest BCUT2D eigenvalue weighted by Gasteiger charge is 2.51. The number of fused-ring (bicyclic) bond motifs is 2. The first-order valence-electron chi connectivity index (χ1n) is 28.0. The maximum atomic E-state index is 14.7. The summed E-state index contributed by atoms with van der Waals surface area (Å²) in [6, 6.07) is 11.7. The Balaban J connectivity index is 0.924. The normalized spacial score (nSPS) is 19.1. The van der Waals surface area contributed by atoms with E-state index >= 15 is 0 Å². The number of primary amides is 1. The summed E-state index contributed by atoms with van der Waals surface area (Å²) in [6.45, 7) is 14.4. The van der Waals surface area contributed by atoms with Gasteiger partial charge >= 0.3 is 13.3 Å². The fourth-order valence-electron chi connectivity index (χ4n) is 11.0. The summed E-state index contributed by atoms with van der Waals surface area (Å²) >= 11 is 0.913. The number of nitrogens with one attached hydrogen (secondary N) is 5. The zero-order chi connectivity index (χ0) is 61.2. The summed E-state index contributed by atoms with van der Waals surface area (Å²) < 4.78 is 41.1. The van der Waals surface area contributed by atoms with Gasteiger partial charge in [0.05, 0.1) is 4.88 Å².